The van der Waals surface area contributed by atoms with Crippen LogP contribution in [0.1, 0.15) is 15.9 Å². The number of alkyl halides is 4. The number of rotatable bonds is 6. The van der Waals surface area contributed by atoms with Gasteiger partial charge in [-0.05, 0) is 23.8 Å². The van der Waals surface area contributed by atoms with Gasteiger partial charge in [0.2, 0.25) is 0 Å². The molecule has 1 N–H and O–H groups in total. The van der Waals surface area contributed by atoms with Crippen LogP contribution in [0.25, 0.3) is 0 Å². The second kappa shape index (κ2) is 6.60. The normalized spacial score (nSPS) is 11.2. The molecular formula is C10H8F4O3S. The minimum Gasteiger partial charge on any atom is -0.478 e. The van der Waals surface area contributed by atoms with E-state index in [1.807, 2.05) is 0 Å². The van der Waals surface area contributed by atoms with E-state index in [9.17, 15) is 22.4 Å². The van der Waals surface area contributed by atoms with E-state index in [1.54, 1.807) is 0 Å². The monoisotopic (exact) mass is 284 g/mol. The average Bonchev–Trinajstić information content (AvgIpc) is 2.25. The van der Waals surface area contributed by atoms with Gasteiger partial charge in [-0.2, -0.15) is 17.6 Å². The highest BCUT2D eigenvalue weighted by atomic mass is 32.2. The van der Waals surface area contributed by atoms with Crippen molar-refractivity contribution >= 4 is 17.7 Å². The third kappa shape index (κ3) is 4.92. The molecule has 1 aromatic rings. The van der Waals surface area contributed by atoms with Crippen molar-refractivity contribution in [2.24, 2.45) is 0 Å². The lowest BCUT2D eigenvalue weighted by atomic mass is 10.1. The average molecular weight is 284 g/mol. The lowest BCUT2D eigenvalue weighted by Crippen LogP contribution is -2.03. The summed E-state index contributed by atoms with van der Waals surface area (Å²) in [6.07, 6.45) is 0. The zero-order valence-electron chi connectivity index (χ0n) is 8.78. The first-order valence-corrected chi connectivity index (χ1v) is 5.48. The maximum absolute atomic E-state index is 12.2. The molecule has 3 nitrogen and oxygen atoms in total. The number of carboxylic acid groups (broad SMARTS) is 1. The van der Waals surface area contributed by atoms with E-state index in [1.165, 1.54) is 6.07 Å². The van der Waals surface area contributed by atoms with E-state index in [2.05, 4.69) is 4.74 Å². The van der Waals surface area contributed by atoms with Gasteiger partial charge in [0, 0.05) is 4.90 Å². The summed E-state index contributed by atoms with van der Waals surface area (Å²) in [5.41, 5.74) is -0.160. The Balaban J connectivity index is 2.94. The second-order valence-electron chi connectivity index (χ2n) is 3.12. The van der Waals surface area contributed by atoms with Gasteiger partial charge >= 0.3 is 12.6 Å². The molecule has 1 aromatic carbocycles. The first-order valence-electron chi connectivity index (χ1n) is 4.60. The number of carboxylic acids is 1. The number of thioether (sulfide) groups is 1. The van der Waals surface area contributed by atoms with Crippen LogP contribution < -0.4 is 0 Å². The predicted molar refractivity (Wildman–Crippen MR) is 56.1 cm³/mol. The van der Waals surface area contributed by atoms with Crippen molar-refractivity contribution < 1.29 is 32.2 Å². The number of benzene rings is 1. The molecule has 1 rings (SSSR count). The smallest absolute Gasteiger partial charge is 0.345 e. The van der Waals surface area contributed by atoms with Crippen LogP contribution in [0.2, 0.25) is 0 Å². The summed E-state index contributed by atoms with van der Waals surface area (Å²) in [7, 11) is 0. The van der Waals surface area contributed by atoms with Gasteiger partial charge in [-0.1, -0.05) is 11.8 Å². The largest absolute Gasteiger partial charge is 0.478 e. The van der Waals surface area contributed by atoms with E-state index in [0.717, 1.165) is 12.1 Å². The van der Waals surface area contributed by atoms with Crippen molar-refractivity contribution in [2.75, 3.05) is 0 Å². The topological polar surface area (TPSA) is 46.5 Å². The molecule has 0 radical (unpaired) electrons. The Hall–Kier alpha value is -1.28. The van der Waals surface area contributed by atoms with E-state index in [-0.39, 0.29) is 27.8 Å². The highest BCUT2D eigenvalue weighted by Gasteiger charge is 2.12. The van der Waals surface area contributed by atoms with Gasteiger partial charge < -0.3 is 9.84 Å². The number of ether oxygens (including phenoxy) is 1. The number of hydrogen-bond donors (Lipinski definition) is 1. The van der Waals surface area contributed by atoms with Crippen LogP contribution in [0.15, 0.2) is 23.1 Å². The zero-order chi connectivity index (χ0) is 13.7. The first kappa shape index (κ1) is 14.8. The number of carbonyl (C=O) groups is 1. The summed E-state index contributed by atoms with van der Waals surface area (Å²) >= 11 is 0.139. The van der Waals surface area contributed by atoms with Gasteiger partial charge in [-0.15, -0.1) is 0 Å². The quantitative estimate of drug-likeness (QED) is 0.642. The Kier molecular flexibility index (Phi) is 5.42. The molecule has 100 valence electrons. The van der Waals surface area contributed by atoms with Crippen molar-refractivity contribution in [3.05, 3.63) is 29.3 Å². The fraction of sp³-hybridized carbons (Fsp3) is 0.300. The summed E-state index contributed by atoms with van der Waals surface area (Å²) < 4.78 is 52.0. The molecule has 0 aliphatic heterocycles. The molecule has 0 aromatic heterocycles. The maximum atomic E-state index is 12.2. The minimum atomic E-state index is -3.01. The van der Waals surface area contributed by atoms with Gasteiger partial charge in [0.05, 0.1) is 12.2 Å². The van der Waals surface area contributed by atoms with Crippen molar-refractivity contribution in [3.63, 3.8) is 0 Å². The van der Waals surface area contributed by atoms with Gasteiger partial charge in [0.1, 0.15) is 0 Å². The van der Waals surface area contributed by atoms with Crippen LogP contribution in [0.5, 0.6) is 0 Å². The summed E-state index contributed by atoms with van der Waals surface area (Å²) in [4.78, 5) is 10.7. The Morgan fingerprint density at radius 3 is 2.44 bits per heavy atom. The zero-order valence-corrected chi connectivity index (χ0v) is 9.59. The van der Waals surface area contributed by atoms with Crippen LogP contribution in [-0.4, -0.2) is 23.4 Å². The SMILES string of the molecule is O=C(O)c1cc(COC(F)F)cc(SC(F)F)c1. The Labute approximate surface area is 104 Å². The molecular weight excluding hydrogens is 276 g/mol. The maximum Gasteiger partial charge on any atom is 0.345 e. The van der Waals surface area contributed by atoms with Crippen molar-refractivity contribution in [3.8, 4) is 0 Å². The Morgan fingerprint density at radius 2 is 1.94 bits per heavy atom. The predicted octanol–water partition coefficient (Wildman–Crippen LogP) is 3.44. The van der Waals surface area contributed by atoms with Gasteiger partial charge in [0.15, 0.2) is 0 Å². The van der Waals surface area contributed by atoms with Crippen LogP contribution >= 0.6 is 11.8 Å². The van der Waals surface area contributed by atoms with Gasteiger partial charge in [-0.25, -0.2) is 4.79 Å². The fourth-order valence-corrected chi connectivity index (χ4v) is 1.82. The van der Waals surface area contributed by atoms with Crippen molar-refractivity contribution in [1.82, 2.24) is 0 Å². The van der Waals surface area contributed by atoms with E-state index >= 15 is 0 Å². The van der Waals surface area contributed by atoms with Crippen LogP contribution in [0, 0.1) is 0 Å². The van der Waals surface area contributed by atoms with Crippen LogP contribution in [0.4, 0.5) is 17.6 Å². The molecule has 0 heterocycles. The molecule has 0 bridgehead atoms. The molecule has 0 saturated heterocycles. The molecule has 0 spiro atoms. The molecule has 8 heteroatoms. The highest BCUT2D eigenvalue weighted by molar-refractivity contribution is 7.99. The van der Waals surface area contributed by atoms with E-state index in [4.69, 9.17) is 5.11 Å². The third-order valence-corrected chi connectivity index (χ3v) is 2.50. The summed E-state index contributed by atoms with van der Waals surface area (Å²) in [6.45, 7) is -3.56. The fourth-order valence-electron chi connectivity index (χ4n) is 1.20. The molecule has 0 aliphatic rings. The minimum absolute atomic E-state index is 0.0160. The molecule has 0 saturated carbocycles. The Bertz CT molecular complexity index is 426. The first-order chi connectivity index (χ1) is 8.38. The van der Waals surface area contributed by atoms with Crippen molar-refractivity contribution in [1.29, 1.82) is 0 Å². The van der Waals surface area contributed by atoms with Crippen molar-refractivity contribution in [2.45, 2.75) is 23.9 Å². The summed E-state index contributed by atoms with van der Waals surface area (Å²) in [6, 6.07) is 3.33. The molecule has 0 aliphatic carbocycles. The number of halogens is 4. The summed E-state index contributed by atoms with van der Waals surface area (Å²) in [5.74, 6) is -4.05. The van der Waals surface area contributed by atoms with Gasteiger partial charge in [0.25, 0.3) is 5.76 Å². The van der Waals surface area contributed by atoms with E-state index < -0.39 is 24.9 Å². The molecule has 0 fully saturated rings. The number of hydrogen-bond acceptors (Lipinski definition) is 3. The molecule has 0 unspecified atom stereocenters. The molecule has 18 heavy (non-hydrogen) atoms. The number of aromatic carboxylic acids is 1. The Morgan fingerprint density at radius 1 is 1.28 bits per heavy atom. The summed E-state index contributed by atoms with van der Waals surface area (Å²) in [5, 5.41) is 8.76. The molecule has 0 amide bonds. The van der Waals surface area contributed by atoms with Crippen LogP contribution in [0.3, 0.4) is 0 Å². The van der Waals surface area contributed by atoms with E-state index in [0.29, 0.717) is 0 Å². The standard InChI is InChI=1S/C10H8F4O3S/c11-9(12)17-4-5-1-6(8(15)16)3-7(2-5)18-10(13)14/h1-3,9-10H,4H2,(H,15,16). The molecule has 0 atom stereocenters. The second-order valence-corrected chi connectivity index (χ2v) is 4.18. The lowest BCUT2D eigenvalue weighted by molar-refractivity contribution is -0.137. The highest BCUT2D eigenvalue weighted by Crippen LogP contribution is 2.27. The van der Waals surface area contributed by atoms with Gasteiger partial charge in [-0.3, -0.25) is 0 Å². The third-order valence-electron chi connectivity index (χ3n) is 1.81. The van der Waals surface area contributed by atoms with Crippen LogP contribution in [-0.2, 0) is 11.3 Å². The lowest BCUT2D eigenvalue weighted by Gasteiger charge is -2.07.